The molecule has 0 amide bonds. The molecule has 24 heavy (non-hydrogen) atoms. The molecule has 0 unspecified atom stereocenters. The molecule has 0 aliphatic heterocycles. The smallest absolute Gasteiger partial charge is 0.0991 e. The zero-order valence-corrected chi connectivity index (χ0v) is 15.0. The third kappa shape index (κ3) is 7.48. The maximum absolute atomic E-state index is 8.76. The van der Waals surface area contributed by atoms with Gasteiger partial charge in [0, 0.05) is 17.1 Å². The molecular weight excluding hydrogens is 312 g/mol. The normalized spacial score (nSPS) is 10.8. The van der Waals surface area contributed by atoms with Crippen LogP contribution >= 0.6 is 11.3 Å². The SMILES string of the molecule is N#Cc1ccc(NCCCCCCCCC=Cc2cccs2)cc1. The summed E-state index contributed by atoms with van der Waals surface area (Å²) < 4.78 is 0. The number of hydrogen-bond donors (Lipinski definition) is 1. The average Bonchev–Trinajstić information content (AvgIpc) is 3.13. The first-order chi connectivity index (χ1) is 11.9. The summed E-state index contributed by atoms with van der Waals surface area (Å²) in [4.78, 5) is 1.35. The predicted octanol–water partition coefficient (Wildman–Crippen LogP) is 6.48. The van der Waals surface area contributed by atoms with Crippen molar-refractivity contribution < 1.29 is 0 Å². The van der Waals surface area contributed by atoms with Crippen LogP contribution in [0.3, 0.4) is 0 Å². The maximum Gasteiger partial charge on any atom is 0.0991 e. The van der Waals surface area contributed by atoms with Crippen LogP contribution in [0.4, 0.5) is 5.69 Å². The Hall–Kier alpha value is -2.05. The van der Waals surface area contributed by atoms with Crippen molar-refractivity contribution in [2.45, 2.75) is 44.9 Å². The summed E-state index contributed by atoms with van der Waals surface area (Å²) in [7, 11) is 0. The average molecular weight is 339 g/mol. The molecule has 1 heterocycles. The van der Waals surface area contributed by atoms with Crippen LogP contribution in [0.15, 0.2) is 47.9 Å². The standard InChI is InChI=1S/C21H26N2S/c22-18-19-12-14-20(15-13-19)23-16-8-6-4-2-1-3-5-7-10-21-11-9-17-24-21/h7,9-15,17,23H,1-6,8,16H2. The van der Waals surface area contributed by atoms with Crippen molar-refractivity contribution in [1.29, 1.82) is 5.26 Å². The van der Waals surface area contributed by atoms with Crippen LogP contribution in [0.2, 0.25) is 0 Å². The minimum Gasteiger partial charge on any atom is -0.385 e. The Morgan fingerprint density at radius 2 is 1.71 bits per heavy atom. The lowest BCUT2D eigenvalue weighted by atomic mass is 10.1. The molecule has 1 N–H and O–H groups in total. The highest BCUT2D eigenvalue weighted by Gasteiger charge is 1.94. The zero-order valence-electron chi connectivity index (χ0n) is 14.2. The molecule has 0 saturated carbocycles. The third-order valence-corrected chi connectivity index (χ3v) is 4.80. The molecule has 0 bridgehead atoms. The summed E-state index contributed by atoms with van der Waals surface area (Å²) in [5.74, 6) is 0. The van der Waals surface area contributed by atoms with Gasteiger partial charge >= 0.3 is 0 Å². The molecular formula is C21H26N2S. The fourth-order valence-corrected chi connectivity index (χ4v) is 3.22. The van der Waals surface area contributed by atoms with Crippen molar-refractivity contribution in [2.24, 2.45) is 0 Å². The second-order valence-corrected chi connectivity index (χ2v) is 6.92. The van der Waals surface area contributed by atoms with Gasteiger partial charge in [-0.3, -0.25) is 0 Å². The topological polar surface area (TPSA) is 35.8 Å². The molecule has 0 fully saturated rings. The summed E-state index contributed by atoms with van der Waals surface area (Å²) >= 11 is 1.80. The molecule has 1 aromatic carbocycles. The maximum atomic E-state index is 8.76. The number of allylic oxidation sites excluding steroid dienone is 1. The second kappa shape index (κ2) is 11.5. The van der Waals surface area contributed by atoms with E-state index < -0.39 is 0 Å². The highest BCUT2D eigenvalue weighted by Crippen LogP contribution is 2.13. The van der Waals surface area contributed by atoms with Gasteiger partial charge in [-0.25, -0.2) is 0 Å². The van der Waals surface area contributed by atoms with Gasteiger partial charge in [0.1, 0.15) is 0 Å². The lowest BCUT2D eigenvalue weighted by Crippen LogP contribution is -2.01. The molecule has 0 aliphatic rings. The van der Waals surface area contributed by atoms with Gasteiger partial charge < -0.3 is 5.32 Å². The quantitative estimate of drug-likeness (QED) is 0.476. The molecule has 2 nitrogen and oxygen atoms in total. The zero-order chi connectivity index (χ0) is 16.9. The van der Waals surface area contributed by atoms with E-state index in [4.69, 9.17) is 5.26 Å². The number of nitriles is 1. The molecule has 0 radical (unpaired) electrons. The second-order valence-electron chi connectivity index (χ2n) is 5.94. The van der Waals surface area contributed by atoms with E-state index in [1.807, 2.05) is 24.3 Å². The van der Waals surface area contributed by atoms with Crippen molar-refractivity contribution in [1.82, 2.24) is 0 Å². The van der Waals surface area contributed by atoms with Crippen LogP contribution in [0.25, 0.3) is 6.08 Å². The number of unbranched alkanes of at least 4 members (excludes halogenated alkanes) is 6. The van der Waals surface area contributed by atoms with Gasteiger partial charge in [-0.1, -0.05) is 37.8 Å². The first kappa shape index (κ1) is 18.3. The Balaban J connectivity index is 1.40. The van der Waals surface area contributed by atoms with Crippen molar-refractivity contribution >= 4 is 23.1 Å². The summed E-state index contributed by atoms with van der Waals surface area (Å²) in [5, 5.41) is 14.3. The molecule has 1 aromatic heterocycles. The van der Waals surface area contributed by atoms with Crippen LogP contribution in [0.1, 0.15) is 55.4 Å². The van der Waals surface area contributed by atoms with Gasteiger partial charge in [-0.05, 0) is 61.1 Å². The van der Waals surface area contributed by atoms with Gasteiger partial charge in [0.25, 0.3) is 0 Å². The fraction of sp³-hybridized carbons (Fsp3) is 0.381. The number of rotatable bonds is 11. The summed E-state index contributed by atoms with van der Waals surface area (Å²) in [6.45, 7) is 1.01. The van der Waals surface area contributed by atoms with Crippen molar-refractivity contribution in [3.63, 3.8) is 0 Å². The van der Waals surface area contributed by atoms with Crippen molar-refractivity contribution in [2.75, 3.05) is 11.9 Å². The number of nitrogens with one attached hydrogen (secondary N) is 1. The number of thiophene rings is 1. The van der Waals surface area contributed by atoms with Gasteiger partial charge in [0.15, 0.2) is 0 Å². The Morgan fingerprint density at radius 3 is 2.42 bits per heavy atom. The summed E-state index contributed by atoms with van der Waals surface area (Å²) in [6.07, 6.45) is 13.5. The Bertz CT molecular complexity index is 621. The van der Waals surface area contributed by atoms with E-state index in [9.17, 15) is 0 Å². The van der Waals surface area contributed by atoms with Crippen LogP contribution in [0.5, 0.6) is 0 Å². The third-order valence-electron chi connectivity index (χ3n) is 3.97. The van der Waals surface area contributed by atoms with Crippen LogP contribution in [-0.2, 0) is 0 Å². The van der Waals surface area contributed by atoms with Crippen molar-refractivity contribution in [3.05, 3.63) is 58.3 Å². The van der Waals surface area contributed by atoms with Crippen molar-refractivity contribution in [3.8, 4) is 6.07 Å². The molecule has 0 aliphatic carbocycles. The number of hydrogen-bond acceptors (Lipinski definition) is 3. The van der Waals surface area contributed by atoms with E-state index in [1.54, 1.807) is 11.3 Å². The highest BCUT2D eigenvalue weighted by molar-refractivity contribution is 7.10. The Morgan fingerprint density at radius 1 is 0.958 bits per heavy atom. The van der Waals surface area contributed by atoms with Crippen LogP contribution in [-0.4, -0.2) is 6.54 Å². The monoisotopic (exact) mass is 338 g/mol. The van der Waals surface area contributed by atoms with Gasteiger partial charge in [-0.15, -0.1) is 11.3 Å². The van der Waals surface area contributed by atoms with E-state index in [-0.39, 0.29) is 0 Å². The Kier molecular flexibility index (Phi) is 8.75. The lowest BCUT2D eigenvalue weighted by molar-refractivity contribution is 0.605. The van der Waals surface area contributed by atoms with Crippen LogP contribution in [0, 0.1) is 11.3 Å². The minimum absolute atomic E-state index is 0.714. The molecule has 0 saturated heterocycles. The van der Waals surface area contributed by atoms with E-state index >= 15 is 0 Å². The predicted molar refractivity (Wildman–Crippen MR) is 105 cm³/mol. The van der Waals surface area contributed by atoms with E-state index in [2.05, 4.69) is 41.1 Å². The molecule has 2 rings (SSSR count). The molecule has 2 aromatic rings. The number of benzene rings is 1. The van der Waals surface area contributed by atoms with Crippen LogP contribution < -0.4 is 5.32 Å². The van der Waals surface area contributed by atoms with Gasteiger partial charge in [-0.2, -0.15) is 5.26 Å². The molecule has 0 spiro atoms. The minimum atomic E-state index is 0.714. The van der Waals surface area contributed by atoms with E-state index in [1.165, 1.54) is 49.8 Å². The summed E-state index contributed by atoms with van der Waals surface area (Å²) in [6, 6.07) is 14.1. The summed E-state index contributed by atoms with van der Waals surface area (Å²) in [5.41, 5.74) is 1.82. The first-order valence-electron chi connectivity index (χ1n) is 8.82. The number of anilines is 1. The fourth-order valence-electron chi connectivity index (χ4n) is 2.58. The number of nitrogens with zero attached hydrogens (tertiary/aromatic N) is 1. The molecule has 126 valence electrons. The van der Waals surface area contributed by atoms with Gasteiger partial charge in [0.05, 0.1) is 11.6 Å². The van der Waals surface area contributed by atoms with E-state index in [0.717, 1.165) is 12.2 Å². The van der Waals surface area contributed by atoms with E-state index in [0.29, 0.717) is 5.56 Å². The first-order valence-corrected chi connectivity index (χ1v) is 9.70. The largest absolute Gasteiger partial charge is 0.385 e. The lowest BCUT2D eigenvalue weighted by Gasteiger charge is -2.06. The highest BCUT2D eigenvalue weighted by atomic mass is 32.1. The molecule has 0 atom stereocenters. The Labute approximate surface area is 149 Å². The van der Waals surface area contributed by atoms with Gasteiger partial charge in [0.2, 0.25) is 0 Å². The molecule has 3 heteroatoms.